The van der Waals surface area contributed by atoms with E-state index in [2.05, 4.69) is 15.9 Å². The Morgan fingerprint density at radius 3 is 2.68 bits per heavy atom. The first kappa shape index (κ1) is 13.7. The van der Waals surface area contributed by atoms with Crippen molar-refractivity contribution in [3.63, 3.8) is 0 Å². The van der Waals surface area contributed by atoms with Crippen LogP contribution in [-0.2, 0) is 0 Å². The fourth-order valence-electron chi connectivity index (χ4n) is 1.63. The molecule has 0 saturated heterocycles. The zero-order valence-corrected chi connectivity index (χ0v) is 11.9. The number of rotatable bonds is 4. The molecule has 0 N–H and O–H groups in total. The summed E-state index contributed by atoms with van der Waals surface area (Å²) in [5, 5.41) is 0. The molecule has 19 heavy (non-hydrogen) atoms. The lowest BCUT2D eigenvalue weighted by Crippen LogP contribution is -2.13. The summed E-state index contributed by atoms with van der Waals surface area (Å²) >= 11 is 3.36. The van der Waals surface area contributed by atoms with Gasteiger partial charge < -0.3 is 4.74 Å². The quantitative estimate of drug-likeness (QED) is 0.790. The predicted molar refractivity (Wildman–Crippen MR) is 75.1 cm³/mol. The fraction of sp³-hybridized carbons (Fsp3) is 0.133. The number of carbonyl (C=O) groups excluding carboxylic acids is 1. The third kappa shape index (κ3) is 3.41. The number of ketones is 1. The third-order valence-corrected chi connectivity index (χ3v) is 3.24. The highest BCUT2D eigenvalue weighted by molar-refractivity contribution is 9.10. The summed E-state index contributed by atoms with van der Waals surface area (Å²) in [4.78, 5) is 11.8. The summed E-state index contributed by atoms with van der Waals surface area (Å²) in [6.45, 7) is 1.77. The molecule has 0 fully saturated rings. The molecular weight excluding hydrogens is 311 g/mol. The minimum absolute atomic E-state index is 0.0470. The summed E-state index contributed by atoms with van der Waals surface area (Å²) in [6, 6.07) is 11.4. The Balaban J connectivity index is 2.07. The molecule has 0 unspecified atom stereocenters. The molecule has 0 aliphatic carbocycles. The van der Waals surface area contributed by atoms with Gasteiger partial charge in [0, 0.05) is 0 Å². The predicted octanol–water partition coefficient (Wildman–Crippen LogP) is 4.16. The van der Waals surface area contributed by atoms with Crippen molar-refractivity contribution in [1.29, 1.82) is 0 Å². The lowest BCUT2D eigenvalue weighted by atomic mass is 10.1. The Labute approximate surface area is 119 Å². The zero-order valence-electron chi connectivity index (χ0n) is 10.3. The smallest absolute Gasteiger partial charge is 0.203 e. The lowest BCUT2D eigenvalue weighted by Gasteiger charge is -2.08. The molecule has 4 heteroatoms. The number of ether oxygens (including phenoxy) is 1. The van der Waals surface area contributed by atoms with E-state index in [1.807, 2.05) is 19.1 Å². The molecule has 0 spiro atoms. The molecule has 98 valence electrons. The number of Topliss-reactive ketones (excluding diaryl/α,β-unsaturated/α-hetero) is 1. The normalized spacial score (nSPS) is 10.3. The molecule has 0 aliphatic heterocycles. The number of hydrogen-bond acceptors (Lipinski definition) is 2. The SMILES string of the molecule is Cc1ccc(OCC(=O)c2ccccc2F)c(Br)c1. The van der Waals surface area contributed by atoms with E-state index in [0.29, 0.717) is 5.75 Å². The van der Waals surface area contributed by atoms with Crippen LogP contribution in [0.15, 0.2) is 46.9 Å². The Hall–Kier alpha value is -1.68. The van der Waals surface area contributed by atoms with Crippen LogP contribution >= 0.6 is 15.9 Å². The highest BCUT2D eigenvalue weighted by atomic mass is 79.9. The largest absolute Gasteiger partial charge is 0.484 e. The van der Waals surface area contributed by atoms with E-state index < -0.39 is 5.82 Å². The number of carbonyl (C=O) groups is 1. The minimum Gasteiger partial charge on any atom is -0.484 e. The molecule has 2 aromatic rings. The average molecular weight is 323 g/mol. The van der Waals surface area contributed by atoms with Gasteiger partial charge in [-0.2, -0.15) is 0 Å². The highest BCUT2D eigenvalue weighted by Gasteiger charge is 2.12. The van der Waals surface area contributed by atoms with Crippen LogP contribution in [0.1, 0.15) is 15.9 Å². The van der Waals surface area contributed by atoms with Crippen LogP contribution in [-0.4, -0.2) is 12.4 Å². The van der Waals surface area contributed by atoms with Crippen molar-refractivity contribution >= 4 is 21.7 Å². The maximum Gasteiger partial charge on any atom is 0.203 e. The first-order valence-corrected chi connectivity index (χ1v) is 6.54. The molecule has 0 aliphatic rings. The van der Waals surface area contributed by atoms with Crippen LogP contribution < -0.4 is 4.74 Å². The molecule has 0 atom stereocenters. The molecule has 2 aromatic carbocycles. The molecule has 0 heterocycles. The second kappa shape index (κ2) is 5.97. The summed E-state index contributed by atoms with van der Waals surface area (Å²) in [7, 11) is 0. The van der Waals surface area contributed by atoms with Crippen molar-refractivity contribution < 1.29 is 13.9 Å². The van der Waals surface area contributed by atoms with Gasteiger partial charge in [-0.15, -0.1) is 0 Å². The van der Waals surface area contributed by atoms with Gasteiger partial charge in [-0.05, 0) is 52.7 Å². The molecular formula is C15H12BrFO2. The molecule has 0 saturated carbocycles. The lowest BCUT2D eigenvalue weighted by molar-refractivity contribution is 0.0917. The van der Waals surface area contributed by atoms with Gasteiger partial charge in [-0.3, -0.25) is 4.79 Å². The van der Waals surface area contributed by atoms with Gasteiger partial charge >= 0.3 is 0 Å². The van der Waals surface area contributed by atoms with Gasteiger partial charge in [-0.25, -0.2) is 4.39 Å². The number of hydrogen-bond donors (Lipinski definition) is 0. The number of benzene rings is 2. The molecule has 0 bridgehead atoms. The summed E-state index contributed by atoms with van der Waals surface area (Å²) in [5.74, 6) is -0.347. The molecule has 0 amide bonds. The van der Waals surface area contributed by atoms with Crippen LogP contribution in [0.5, 0.6) is 5.75 Å². The maximum absolute atomic E-state index is 13.4. The molecule has 0 aromatic heterocycles. The van der Waals surface area contributed by atoms with Crippen molar-refractivity contribution in [3.8, 4) is 5.75 Å². The van der Waals surface area contributed by atoms with E-state index in [-0.39, 0.29) is 18.0 Å². The zero-order chi connectivity index (χ0) is 13.8. The Kier molecular flexibility index (Phi) is 4.32. The second-order valence-electron chi connectivity index (χ2n) is 4.13. The summed E-state index contributed by atoms with van der Waals surface area (Å²) < 4.78 is 19.6. The number of aryl methyl sites for hydroxylation is 1. The van der Waals surface area contributed by atoms with E-state index in [1.165, 1.54) is 12.1 Å². The van der Waals surface area contributed by atoms with Crippen molar-refractivity contribution in [3.05, 3.63) is 63.9 Å². The van der Waals surface area contributed by atoms with Gasteiger partial charge in [0.15, 0.2) is 6.61 Å². The fourth-order valence-corrected chi connectivity index (χ4v) is 2.24. The van der Waals surface area contributed by atoms with Gasteiger partial charge in [0.05, 0.1) is 10.0 Å². The van der Waals surface area contributed by atoms with Crippen LogP contribution in [0, 0.1) is 12.7 Å². The maximum atomic E-state index is 13.4. The molecule has 2 nitrogen and oxygen atoms in total. The average Bonchev–Trinajstić information content (AvgIpc) is 2.38. The Morgan fingerprint density at radius 1 is 1.26 bits per heavy atom. The Morgan fingerprint density at radius 2 is 2.00 bits per heavy atom. The standard InChI is InChI=1S/C15H12BrFO2/c1-10-6-7-15(12(16)8-10)19-9-14(18)11-4-2-3-5-13(11)17/h2-8H,9H2,1H3. The van der Waals surface area contributed by atoms with E-state index in [0.717, 1.165) is 10.0 Å². The van der Waals surface area contributed by atoms with Gasteiger partial charge in [0.2, 0.25) is 5.78 Å². The highest BCUT2D eigenvalue weighted by Crippen LogP contribution is 2.25. The van der Waals surface area contributed by atoms with Crippen molar-refractivity contribution in [2.24, 2.45) is 0 Å². The molecule has 0 radical (unpaired) electrons. The topological polar surface area (TPSA) is 26.3 Å². The summed E-state index contributed by atoms with van der Waals surface area (Å²) in [6.07, 6.45) is 0. The van der Waals surface area contributed by atoms with E-state index in [4.69, 9.17) is 4.74 Å². The van der Waals surface area contributed by atoms with E-state index in [1.54, 1.807) is 18.2 Å². The third-order valence-electron chi connectivity index (χ3n) is 2.62. The van der Waals surface area contributed by atoms with Crippen LogP contribution in [0.25, 0.3) is 0 Å². The van der Waals surface area contributed by atoms with Crippen molar-refractivity contribution in [2.75, 3.05) is 6.61 Å². The van der Waals surface area contributed by atoms with Crippen LogP contribution in [0.4, 0.5) is 4.39 Å². The Bertz CT molecular complexity index is 611. The first-order chi connectivity index (χ1) is 9.08. The molecule has 2 rings (SSSR count). The van der Waals surface area contributed by atoms with Crippen LogP contribution in [0.3, 0.4) is 0 Å². The second-order valence-corrected chi connectivity index (χ2v) is 4.98. The van der Waals surface area contributed by atoms with E-state index in [9.17, 15) is 9.18 Å². The van der Waals surface area contributed by atoms with Gasteiger partial charge in [0.25, 0.3) is 0 Å². The van der Waals surface area contributed by atoms with Crippen molar-refractivity contribution in [1.82, 2.24) is 0 Å². The first-order valence-electron chi connectivity index (χ1n) is 5.74. The summed E-state index contributed by atoms with van der Waals surface area (Å²) in [5.41, 5.74) is 1.13. The monoisotopic (exact) mass is 322 g/mol. The number of halogens is 2. The van der Waals surface area contributed by atoms with Crippen LogP contribution in [0.2, 0.25) is 0 Å². The van der Waals surface area contributed by atoms with E-state index >= 15 is 0 Å². The van der Waals surface area contributed by atoms with Crippen molar-refractivity contribution in [2.45, 2.75) is 6.92 Å². The van der Waals surface area contributed by atoms with Gasteiger partial charge in [-0.1, -0.05) is 18.2 Å². The minimum atomic E-state index is -0.529. The van der Waals surface area contributed by atoms with Gasteiger partial charge in [0.1, 0.15) is 11.6 Å².